The largest absolute Gasteiger partial charge is 0.444 e. The Bertz CT molecular complexity index is 1240. The zero-order valence-electron chi connectivity index (χ0n) is 19.9. The molecule has 0 bridgehead atoms. The van der Waals surface area contributed by atoms with Gasteiger partial charge in [0.2, 0.25) is 0 Å². The number of carbonyl (C=O) groups is 1. The third kappa shape index (κ3) is 4.73. The number of benzene rings is 2. The predicted molar refractivity (Wildman–Crippen MR) is 135 cm³/mol. The minimum Gasteiger partial charge on any atom is -0.444 e. The number of fused-ring (bicyclic) bond motifs is 2. The van der Waals surface area contributed by atoms with Crippen LogP contribution in [0.25, 0.3) is 21.8 Å². The summed E-state index contributed by atoms with van der Waals surface area (Å²) >= 11 is 0. The normalized spacial score (nSPS) is 15.2. The van der Waals surface area contributed by atoms with Gasteiger partial charge in [-0.1, -0.05) is 24.3 Å². The smallest absolute Gasteiger partial charge is 0.410 e. The summed E-state index contributed by atoms with van der Waals surface area (Å²) in [5.41, 5.74) is 3.92. The summed E-state index contributed by atoms with van der Waals surface area (Å²) in [6, 6.07) is 21.2. The molecule has 1 aliphatic heterocycles. The van der Waals surface area contributed by atoms with E-state index >= 15 is 0 Å². The van der Waals surface area contributed by atoms with Crippen molar-refractivity contribution in [3.05, 3.63) is 84.2 Å². The Morgan fingerprint density at radius 2 is 1.35 bits per heavy atom. The van der Waals surface area contributed by atoms with Gasteiger partial charge in [0.1, 0.15) is 5.60 Å². The quantitative estimate of drug-likeness (QED) is 0.413. The zero-order chi connectivity index (χ0) is 23.7. The van der Waals surface area contributed by atoms with Gasteiger partial charge in [0, 0.05) is 49.3 Å². The first-order valence-electron chi connectivity index (χ1n) is 11.8. The average molecular weight is 455 g/mol. The van der Waals surface area contributed by atoms with Crippen LogP contribution in [0.5, 0.6) is 0 Å². The molecule has 2 aromatic heterocycles. The van der Waals surface area contributed by atoms with E-state index in [1.54, 1.807) is 0 Å². The highest BCUT2D eigenvalue weighted by atomic mass is 16.6. The topological polar surface area (TPSA) is 58.6 Å². The van der Waals surface area contributed by atoms with Crippen molar-refractivity contribution >= 4 is 27.9 Å². The Morgan fingerprint density at radius 3 is 1.85 bits per heavy atom. The molecule has 0 atom stereocenters. The van der Waals surface area contributed by atoms with Crippen LogP contribution in [0.15, 0.2) is 73.1 Å². The van der Waals surface area contributed by atoms with Crippen LogP contribution in [0.4, 0.5) is 4.79 Å². The van der Waals surface area contributed by atoms with Gasteiger partial charge < -0.3 is 9.64 Å². The Morgan fingerprint density at radius 1 is 0.824 bits per heavy atom. The summed E-state index contributed by atoms with van der Waals surface area (Å²) in [5.74, 6) is 0. The molecule has 0 unspecified atom stereocenters. The van der Waals surface area contributed by atoms with Crippen LogP contribution in [0.3, 0.4) is 0 Å². The van der Waals surface area contributed by atoms with E-state index in [4.69, 9.17) is 4.74 Å². The number of rotatable bonds is 3. The number of amides is 1. The summed E-state index contributed by atoms with van der Waals surface area (Å²) in [4.78, 5) is 25.8. The van der Waals surface area contributed by atoms with Gasteiger partial charge in [-0.2, -0.15) is 0 Å². The second-order valence-electron chi connectivity index (χ2n) is 9.82. The van der Waals surface area contributed by atoms with E-state index in [9.17, 15) is 4.79 Å². The lowest BCUT2D eigenvalue weighted by Gasteiger charge is -2.40. The number of pyridine rings is 2. The Kier molecular flexibility index (Phi) is 5.92. The SMILES string of the molecule is CC(C)(C)OC(=O)N1CCN(C(c2ccc3ncccc3c2)c2ccc3ncccc3c2)CC1. The molecule has 3 heterocycles. The van der Waals surface area contributed by atoms with Gasteiger partial charge in [-0.15, -0.1) is 0 Å². The number of nitrogens with zero attached hydrogens (tertiary/aromatic N) is 4. The molecule has 1 saturated heterocycles. The first-order chi connectivity index (χ1) is 16.4. The van der Waals surface area contributed by atoms with Crippen LogP contribution in [0.1, 0.15) is 37.9 Å². The van der Waals surface area contributed by atoms with Crippen LogP contribution in [-0.2, 0) is 4.74 Å². The molecule has 174 valence electrons. The van der Waals surface area contributed by atoms with Crippen LogP contribution < -0.4 is 0 Å². The van der Waals surface area contributed by atoms with E-state index < -0.39 is 5.60 Å². The molecule has 0 N–H and O–H groups in total. The maximum atomic E-state index is 12.6. The zero-order valence-corrected chi connectivity index (χ0v) is 19.9. The standard InChI is InChI=1S/C28H30N4O2/c1-28(2,3)34-27(33)32-16-14-31(15-17-32)26(22-8-10-24-20(18-22)6-4-12-29-24)23-9-11-25-21(19-23)7-5-13-30-25/h4-13,18-19,26H,14-17H2,1-3H3. The molecule has 5 rings (SSSR count). The molecule has 0 radical (unpaired) electrons. The van der Waals surface area contributed by atoms with Gasteiger partial charge in [-0.3, -0.25) is 14.9 Å². The highest BCUT2D eigenvalue weighted by Crippen LogP contribution is 2.33. The van der Waals surface area contributed by atoms with E-state index in [1.165, 1.54) is 11.1 Å². The minimum absolute atomic E-state index is 0.0648. The first kappa shape index (κ1) is 22.3. The maximum Gasteiger partial charge on any atom is 0.410 e. The molecule has 0 spiro atoms. The lowest BCUT2D eigenvalue weighted by molar-refractivity contribution is 0.0119. The van der Waals surface area contributed by atoms with E-state index in [-0.39, 0.29) is 12.1 Å². The molecule has 6 nitrogen and oxygen atoms in total. The summed E-state index contributed by atoms with van der Waals surface area (Å²) in [7, 11) is 0. The Balaban J connectivity index is 1.47. The molecule has 1 fully saturated rings. The summed E-state index contributed by atoms with van der Waals surface area (Å²) in [5, 5.41) is 2.25. The van der Waals surface area contributed by atoms with E-state index in [1.807, 2.05) is 50.2 Å². The highest BCUT2D eigenvalue weighted by molar-refractivity contribution is 5.81. The number of ether oxygens (including phenoxy) is 1. The van der Waals surface area contributed by atoms with Gasteiger partial charge >= 0.3 is 6.09 Å². The van der Waals surface area contributed by atoms with E-state index in [0.29, 0.717) is 13.1 Å². The van der Waals surface area contributed by atoms with Gasteiger partial charge in [0.25, 0.3) is 0 Å². The first-order valence-corrected chi connectivity index (χ1v) is 11.8. The highest BCUT2D eigenvalue weighted by Gasteiger charge is 2.30. The van der Waals surface area contributed by atoms with Crippen LogP contribution >= 0.6 is 0 Å². The van der Waals surface area contributed by atoms with Gasteiger partial charge in [-0.05, 0) is 68.3 Å². The van der Waals surface area contributed by atoms with Crippen molar-refractivity contribution in [2.75, 3.05) is 26.2 Å². The van der Waals surface area contributed by atoms with Gasteiger partial charge in [0.15, 0.2) is 0 Å². The molecule has 6 heteroatoms. The number of hydrogen-bond acceptors (Lipinski definition) is 5. The van der Waals surface area contributed by atoms with Crippen molar-refractivity contribution in [3.8, 4) is 0 Å². The Labute approximate surface area is 200 Å². The van der Waals surface area contributed by atoms with Crippen molar-refractivity contribution in [3.63, 3.8) is 0 Å². The molecule has 0 aliphatic carbocycles. The molecule has 1 aliphatic rings. The van der Waals surface area contributed by atoms with Crippen molar-refractivity contribution in [1.82, 2.24) is 19.8 Å². The molecule has 34 heavy (non-hydrogen) atoms. The third-order valence-corrected chi connectivity index (χ3v) is 6.22. The minimum atomic E-state index is -0.491. The number of aromatic nitrogens is 2. The molecular weight excluding hydrogens is 424 g/mol. The second-order valence-corrected chi connectivity index (χ2v) is 9.82. The lowest BCUT2D eigenvalue weighted by Crippen LogP contribution is -2.51. The Hall–Kier alpha value is -3.51. The molecule has 4 aromatic rings. The van der Waals surface area contributed by atoms with E-state index in [0.717, 1.165) is 34.9 Å². The van der Waals surface area contributed by atoms with Crippen molar-refractivity contribution < 1.29 is 9.53 Å². The summed E-state index contributed by atoms with van der Waals surface area (Å²) < 4.78 is 5.59. The van der Waals surface area contributed by atoms with Crippen molar-refractivity contribution in [2.45, 2.75) is 32.4 Å². The van der Waals surface area contributed by atoms with Crippen molar-refractivity contribution in [1.29, 1.82) is 0 Å². The fraction of sp³-hybridized carbons (Fsp3) is 0.321. The summed E-state index contributed by atoms with van der Waals surface area (Å²) in [6.45, 7) is 8.51. The third-order valence-electron chi connectivity index (χ3n) is 6.22. The second kappa shape index (κ2) is 9.03. The molecule has 0 saturated carbocycles. The monoisotopic (exact) mass is 454 g/mol. The van der Waals surface area contributed by atoms with Crippen LogP contribution in [-0.4, -0.2) is 57.6 Å². The predicted octanol–water partition coefficient (Wildman–Crippen LogP) is 5.43. The number of hydrogen-bond donors (Lipinski definition) is 0. The lowest BCUT2D eigenvalue weighted by atomic mass is 9.94. The van der Waals surface area contributed by atoms with Crippen molar-refractivity contribution in [2.24, 2.45) is 0 Å². The summed E-state index contributed by atoms with van der Waals surface area (Å²) in [6.07, 6.45) is 3.41. The number of piperazine rings is 1. The van der Waals surface area contributed by atoms with Gasteiger partial charge in [-0.25, -0.2) is 4.79 Å². The maximum absolute atomic E-state index is 12.6. The van der Waals surface area contributed by atoms with Gasteiger partial charge in [0.05, 0.1) is 17.1 Å². The van der Waals surface area contributed by atoms with Crippen LogP contribution in [0.2, 0.25) is 0 Å². The fourth-order valence-corrected chi connectivity index (χ4v) is 4.63. The average Bonchev–Trinajstić information content (AvgIpc) is 2.83. The fourth-order valence-electron chi connectivity index (χ4n) is 4.63. The van der Waals surface area contributed by atoms with E-state index in [2.05, 4.69) is 63.4 Å². The van der Waals surface area contributed by atoms with Crippen LogP contribution in [0, 0.1) is 0 Å². The molecule has 2 aromatic carbocycles. The molecular formula is C28H30N4O2. The number of carbonyl (C=O) groups excluding carboxylic acids is 1. The molecule has 1 amide bonds.